The Bertz CT molecular complexity index is 821. The van der Waals surface area contributed by atoms with E-state index in [1.54, 1.807) is 13.0 Å². The van der Waals surface area contributed by atoms with Gasteiger partial charge >= 0.3 is 0 Å². The lowest BCUT2D eigenvalue weighted by Crippen LogP contribution is -2.35. The molecule has 1 aromatic rings. The highest BCUT2D eigenvalue weighted by atomic mass is 16.6. The molecule has 4 atom stereocenters. The second kappa shape index (κ2) is 4.12. The van der Waals surface area contributed by atoms with Crippen LogP contribution in [0.2, 0.25) is 0 Å². The summed E-state index contributed by atoms with van der Waals surface area (Å²) in [5.41, 5.74) is 1.11. The summed E-state index contributed by atoms with van der Waals surface area (Å²) in [4.78, 5) is 37.8. The van der Waals surface area contributed by atoms with Crippen molar-refractivity contribution in [2.75, 3.05) is 4.90 Å². The second-order valence-electron chi connectivity index (χ2n) is 7.46. The van der Waals surface area contributed by atoms with E-state index in [0.29, 0.717) is 11.3 Å². The molecule has 3 aliphatic carbocycles. The van der Waals surface area contributed by atoms with Crippen LogP contribution in [-0.4, -0.2) is 16.7 Å². The first-order valence-corrected chi connectivity index (χ1v) is 8.27. The predicted molar refractivity (Wildman–Crippen MR) is 85.1 cm³/mol. The molecule has 1 saturated heterocycles. The summed E-state index contributed by atoms with van der Waals surface area (Å²) >= 11 is 0. The highest BCUT2D eigenvalue weighted by Crippen LogP contribution is 2.73. The maximum Gasteiger partial charge on any atom is 0.271 e. The van der Waals surface area contributed by atoms with Crippen molar-refractivity contribution in [1.82, 2.24) is 0 Å². The zero-order valence-corrected chi connectivity index (χ0v) is 13.1. The van der Waals surface area contributed by atoms with Gasteiger partial charge in [0.25, 0.3) is 5.69 Å². The smallest absolute Gasteiger partial charge is 0.271 e. The second-order valence-corrected chi connectivity index (χ2v) is 7.46. The van der Waals surface area contributed by atoms with Crippen LogP contribution in [0, 0.1) is 46.1 Å². The van der Waals surface area contributed by atoms with Crippen LogP contribution in [0.25, 0.3) is 0 Å². The molecule has 3 fully saturated rings. The molecule has 0 aromatic heterocycles. The Hall–Kier alpha value is -2.50. The van der Waals surface area contributed by atoms with Gasteiger partial charge in [-0.25, -0.2) is 4.90 Å². The lowest BCUT2D eigenvalue weighted by molar-refractivity contribution is -0.384. The van der Waals surface area contributed by atoms with Gasteiger partial charge in [0.2, 0.25) is 11.8 Å². The van der Waals surface area contributed by atoms with Gasteiger partial charge in [0.15, 0.2) is 0 Å². The largest absolute Gasteiger partial charge is 0.274 e. The van der Waals surface area contributed by atoms with Crippen molar-refractivity contribution in [2.45, 2.75) is 19.8 Å². The molecule has 1 heterocycles. The molecular formula is C18H16N2O4. The topological polar surface area (TPSA) is 80.5 Å². The minimum absolute atomic E-state index is 0.104. The molecule has 1 spiro atoms. The monoisotopic (exact) mass is 324 g/mol. The summed E-state index contributed by atoms with van der Waals surface area (Å²) in [6, 6.07) is 4.33. The van der Waals surface area contributed by atoms with Gasteiger partial charge in [-0.2, -0.15) is 0 Å². The number of hydrogen-bond donors (Lipinski definition) is 0. The Balaban J connectivity index is 1.59. The van der Waals surface area contributed by atoms with Gasteiger partial charge in [0.05, 0.1) is 22.4 Å². The Morgan fingerprint density at radius 3 is 2.21 bits per heavy atom. The zero-order valence-electron chi connectivity index (χ0n) is 13.1. The average molecular weight is 324 g/mol. The highest BCUT2D eigenvalue weighted by molar-refractivity contribution is 6.23. The number of carbonyl (C=O) groups excluding carboxylic acids is 2. The first kappa shape index (κ1) is 13.9. The maximum atomic E-state index is 13.0. The number of nitrogens with zero attached hydrogens (tertiary/aromatic N) is 2. The highest BCUT2D eigenvalue weighted by Gasteiger charge is 2.73. The number of benzene rings is 1. The molecule has 4 unspecified atom stereocenters. The third-order valence-electron chi connectivity index (χ3n) is 6.50. The fourth-order valence-corrected chi connectivity index (χ4v) is 5.27. The van der Waals surface area contributed by atoms with Crippen LogP contribution < -0.4 is 4.90 Å². The molecule has 2 saturated carbocycles. The minimum atomic E-state index is -0.501. The number of allylic oxidation sites excluding steroid dienone is 2. The van der Waals surface area contributed by atoms with Crippen molar-refractivity contribution in [1.29, 1.82) is 0 Å². The average Bonchev–Trinajstić information content (AvgIpc) is 3.14. The molecule has 24 heavy (non-hydrogen) atoms. The number of hydrogen-bond acceptors (Lipinski definition) is 4. The van der Waals surface area contributed by atoms with Crippen molar-refractivity contribution in [2.24, 2.45) is 29.1 Å². The summed E-state index contributed by atoms with van der Waals surface area (Å²) in [6.07, 6.45) is 6.43. The molecule has 2 amide bonds. The molecule has 1 aliphatic heterocycles. The number of carbonyl (C=O) groups is 2. The Morgan fingerprint density at radius 1 is 1.12 bits per heavy atom. The summed E-state index contributed by atoms with van der Waals surface area (Å²) in [5, 5.41) is 11.1. The van der Waals surface area contributed by atoms with E-state index in [-0.39, 0.29) is 46.6 Å². The number of nitro benzene ring substituents is 1. The molecule has 1 aromatic carbocycles. The number of rotatable bonds is 2. The summed E-state index contributed by atoms with van der Waals surface area (Å²) in [6.45, 7) is 1.77. The van der Waals surface area contributed by atoms with Crippen LogP contribution in [0.4, 0.5) is 11.4 Å². The van der Waals surface area contributed by atoms with Gasteiger partial charge in [-0.15, -0.1) is 0 Å². The maximum absolute atomic E-state index is 13.0. The van der Waals surface area contributed by atoms with Crippen LogP contribution >= 0.6 is 0 Å². The lowest BCUT2D eigenvalue weighted by Gasteiger charge is -2.22. The van der Waals surface area contributed by atoms with E-state index in [4.69, 9.17) is 0 Å². The summed E-state index contributed by atoms with van der Waals surface area (Å²) < 4.78 is 0. The van der Waals surface area contributed by atoms with E-state index in [0.717, 1.165) is 12.8 Å². The van der Waals surface area contributed by atoms with Gasteiger partial charge in [-0.3, -0.25) is 19.7 Å². The molecule has 122 valence electrons. The van der Waals surface area contributed by atoms with Gasteiger partial charge in [0, 0.05) is 12.1 Å². The Labute approximate surface area is 138 Å². The number of nitro groups is 1. The van der Waals surface area contributed by atoms with Crippen molar-refractivity contribution in [3.63, 3.8) is 0 Å². The minimum Gasteiger partial charge on any atom is -0.274 e. The van der Waals surface area contributed by atoms with Gasteiger partial charge in [-0.1, -0.05) is 18.2 Å². The van der Waals surface area contributed by atoms with Gasteiger partial charge in [0.1, 0.15) is 0 Å². The van der Waals surface area contributed by atoms with E-state index >= 15 is 0 Å². The number of fused-ring (bicyclic) bond motifs is 3. The van der Waals surface area contributed by atoms with E-state index in [2.05, 4.69) is 12.2 Å². The Morgan fingerprint density at radius 2 is 1.71 bits per heavy atom. The van der Waals surface area contributed by atoms with Crippen LogP contribution in [0.15, 0.2) is 30.4 Å². The molecule has 2 bridgehead atoms. The summed E-state index contributed by atoms with van der Waals surface area (Å²) in [5.74, 6) is -0.614. The van der Waals surface area contributed by atoms with E-state index in [1.165, 1.54) is 17.0 Å². The van der Waals surface area contributed by atoms with Gasteiger partial charge in [-0.05, 0) is 42.6 Å². The SMILES string of the molecule is Cc1ccc([N+](=O)[O-])cc1N1C(=O)C2C(C1=O)C1C=CC2C12CC2. The van der Waals surface area contributed by atoms with Crippen LogP contribution in [-0.2, 0) is 9.59 Å². The first-order valence-electron chi connectivity index (χ1n) is 8.27. The predicted octanol–water partition coefficient (Wildman–Crippen LogP) is 2.60. The van der Waals surface area contributed by atoms with Crippen molar-refractivity contribution in [3.8, 4) is 0 Å². The molecule has 0 radical (unpaired) electrons. The quantitative estimate of drug-likeness (QED) is 0.362. The fourth-order valence-electron chi connectivity index (χ4n) is 5.27. The van der Waals surface area contributed by atoms with Crippen LogP contribution in [0.1, 0.15) is 18.4 Å². The summed E-state index contributed by atoms with van der Waals surface area (Å²) in [7, 11) is 0. The number of aryl methyl sites for hydroxylation is 1. The Kier molecular flexibility index (Phi) is 2.39. The molecule has 6 heteroatoms. The number of anilines is 1. The first-order chi connectivity index (χ1) is 11.5. The third-order valence-corrected chi connectivity index (χ3v) is 6.50. The van der Waals surface area contributed by atoms with Crippen LogP contribution in [0.5, 0.6) is 0 Å². The van der Waals surface area contributed by atoms with E-state index in [9.17, 15) is 19.7 Å². The third kappa shape index (κ3) is 1.42. The van der Waals surface area contributed by atoms with Crippen molar-refractivity contribution < 1.29 is 14.5 Å². The van der Waals surface area contributed by atoms with Gasteiger partial charge < -0.3 is 0 Å². The fraction of sp³-hybridized carbons (Fsp3) is 0.444. The van der Waals surface area contributed by atoms with E-state index < -0.39 is 4.92 Å². The number of non-ortho nitro benzene ring substituents is 1. The zero-order chi connectivity index (χ0) is 16.8. The van der Waals surface area contributed by atoms with Crippen molar-refractivity contribution in [3.05, 3.63) is 46.0 Å². The molecule has 5 rings (SSSR count). The van der Waals surface area contributed by atoms with Crippen molar-refractivity contribution >= 4 is 23.2 Å². The number of imide groups is 1. The normalized spacial score (nSPS) is 34.3. The van der Waals surface area contributed by atoms with E-state index in [1.807, 2.05) is 0 Å². The number of amides is 2. The molecule has 4 aliphatic rings. The molecular weight excluding hydrogens is 308 g/mol. The molecule has 6 nitrogen and oxygen atoms in total. The molecule has 0 N–H and O–H groups in total. The standard InChI is InChI=1S/C18H16N2O4/c1-9-2-3-10(20(23)24)8-13(9)19-16(21)14-11-4-5-12(15(14)17(19)22)18(11)6-7-18/h2-5,8,11-12,14-15H,6-7H2,1H3. The lowest BCUT2D eigenvalue weighted by atomic mass is 9.85. The van der Waals surface area contributed by atoms with Crippen LogP contribution in [0.3, 0.4) is 0 Å².